The molecule has 4 rings (SSSR count). The number of aryl methyl sites for hydroxylation is 1. The molecule has 0 aliphatic carbocycles. The molecule has 156 valence electrons. The molecule has 0 spiro atoms. The molecule has 7 heteroatoms. The van der Waals surface area contributed by atoms with Gasteiger partial charge < -0.3 is 14.2 Å². The predicted octanol–water partition coefficient (Wildman–Crippen LogP) is 3.91. The Morgan fingerprint density at radius 2 is 1.77 bits per heavy atom. The van der Waals surface area contributed by atoms with Crippen molar-refractivity contribution in [1.29, 1.82) is 0 Å². The van der Waals surface area contributed by atoms with Crippen LogP contribution in [0.25, 0.3) is 11.4 Å². The van der Waals surface area contributed by atoms with Gasteiger partial charge in [-0.2, -0.15) is 0 Å². The molecule has 3 aromatic rings. The molecule has 2 aromatic carbocycles. The highest BCUT2D eigenvalue weighted by Crippen LogP contribution is 2.26. The number of aromatic nitrogens is 3. The summed E-state index contributed by atoms with van der Waals surface area (Å²) in [7, 11) is 1.66. The maximum Gasteiger partial charge on any atom is 0.233 e. The van der Waals surface area contributed by atoms with Crippen molar-refractivity contribution >= 4 is 17.7 Å². The zero-order valence-electron chi connectivity index (χ0n) is 17.2. The summed E-state index contributed by atoms with van der Waals surface area (Å²) >= 11 is 1.47. The molecule has 6 nitrogen and oxygen atoms in total. The number of thioether (sulfide) groups is 1. The van der Waals surface area contributed by atoms with Gasteiger partial charge >= 0.3 is 0 Å². The molecule has 0 atom stereocenters. The molecule has 0 N–H and O–H groups in total. The van der Waals surface area contributed by atoms with E-state index in [1.165, 1.54) is 17.3 Å². The largest absolute Gasteiger partial charge is 0.497 e. The van der Waals surface area contributed by atoms with E-state index in [2.05, 4.69) is 39.0 Å². The first-order valence-corrected chi connectivity index (χ1v) is 11.3. The second-order valence-corrected chi connectivity index (χ2v) is 8.24. The van der Waals surface area contributed by atoms with Gasteiger partial charge in [-0.3, -0.25) is 4.79 Å². The lowest BCUT2D eigenvalue weighted by molar-refractivity contribution is -0.127. The maximum absolute atomic E-state index is 12.5. The smallest absolute Gasteiger partial charge is 0.233 e. The van der Waals surface area contributed by atoms with E-state index in [4.69, 9.17) is 4.74 Å². The molecule has 30 heavy (non-hydrogen) atoms. The number of nitrogens with zero attached hydrogens (tertiary/aromatic N) is 4. The Morgan fingerprint density at radius 3 is 2.47 bits per heavy atom. The number of likely N-dealkylation sites (tertiary alicyclic amines) is 1. The Morgan fingerprint density at radius 1 is 1.03 bits per heavy atom. The molecule has 0 saturated carbocycles. The summed E-state index contributed by atoms with van der Waals surface area (Å²) in [5.74, 6) is 2.19. The van der Waals surface area contributed by atoms with Crippen LogP contribution in [0.5, 0.6) is 5.75 Å². The van der Waals surface area contributed by atoms with Gasteiger partial charge in [0.15, 0.2) is 11.0 Å². The average molecular weight is 423 g/mol. The van der Waals surface area contributed by atoms with Gasteiger partial charge in [0.1, 0.15) is 5.75 Å². The molecule has 0 bridgehead atoms. The Balaban J connectivity index is 1.54. The maximum atomic E-state index is 12.5. The van der Waals surface area contributed by atoms with Crippen LogP contribution in [0.3, 0.4) is 0 Å². The van der Waals surface area contributed by atoms with Crippen LogP contribution in [-0.4, -0.2) is 51.5 Å². The van der Waals surface area contributed by atoms with Crippen LogP contribution in [-0.2, 0) is 17.8 Å². The topological polar surface area (TPSA) is 60.3 Å². The number of hydrogen-bond acceptors (Lipinski definition) is 5. The van der Waals surface area contributed by atoms with Crippen molar-refractivity contribution in [2.24, 2.45) is 0 Å². The molecule has 1 saturated heterocycles. The van der Waals surface area contributed by atoms with E-state index in [0.717, 1.165) is 61.2 Å². The van der Waals surface area contributed by atoms with Crippen LogP contribution in [0.2, 0.25) is 0 Å². The first kappa shape index (κ1) is 20.5. The number of carbonyl (C=O) groups excluding carboxylic acids is 1. The fourth-order valence-corrected chi connectivity index (χ4v) is 4.49. The lowest BCUT2D eigenvalue weighted by atomic mass is 10.1. The summed E-state index contributed by atoms with van der Waals surface area (Å²) in [6.07, 6.45) is 3.08. The van der Waals surface area contributed by atoms with Gasteiger partial charge in [-0.1, -0.05) is 42.1 Å². The van der Waals surface area contributed by atoms with E-state index in [-0.39, 0.29) is 5.91 Å². The van der Waals surface area contributed by atoms with E-state index in [0.29, 0.717) is 5.75 Å². The summed E-state index contributed by atoms with van der Waals surface area (Å²) < 4.78 is 7.39. The van der Waals surface area contributed by atoms with Gasteiger partial charge in [-0.15, -0.1) is 10.2 Å². The molecule has 0 radical (unpaired) electrons. The number of amides is 1. The third-order valence-corrected chi connectivity index (χ3v) is 6.27. The molecular formula is C23H26N4O2S. The molecule has 1 aliphatic heterocycles. The highest BCUT2D eigenvalue weighted by atomic mass is 32.2. The molecule has 2 heterocycles. The fraction of sp³-hybridized carbons (Fsp3) is 0.348. The van der Waals surface area contributed by atoms with Crippen molar-refractivity contribution in [1.82, 2.24) is 19.7 Å². The summed E-state index contributed by atoms with van der Waals surface area (Å²) in [4.78, 5) is 14.4. The number of benzene rings is 2. The van der Waals surface area contributed by atoms with Crippen molar-refractivity contribution in [3.63, 3.8) is 0 Å². The quantitative estimate of drug-likeness (QED) is 0.515. The van der Waals surface area contributed by atoms with E-state index in [9.17, 15) is 4.79 Å². The van der Waals surface area contributed by atoms with Crippen molar-refractivity contribution < 1.29 is 9.53 Å². The zero-order chi connectivity index (χ0) is 20.8. The van der Waals surface area contributed by atoms with Crippen LogP contribution < -0.4 is 4.74 Å². The molecule has 1 aliphatic rings. The third kappa shape index (κ3) is 4.84. The summed E-state index contributed by atoms with van der Waals surface area (Å²) in [5, 5.41) is 9.66. The number of carbonyl (C=O) groups is 1. The SMILES string of the molecule is COc1ccc(-c2nnc(SCC(=O)N3CCCC3)n2CCc2ccccc2)cc1. The lowest BCUT2D eigenvalue weighted by Gasteiger charge is -2.15. The summed E-state index contributed by atoms with van der Waals surface area (Å²) in [6.45, 7) is 2.49. The predicted molar refractivity (Wildman–Crippen MR) is 119 cm³/mol. The van der Waals surface area contributed by atoms with Crippen LogP contribution in [0, 0.1) is 0 Å². The van der Waals surface area contributed by atoms with Crippen LogP contribution in [0.4, 0.5) is 0 Å². The summed E-state index contributed by atoms with van der Waals surface area (Å²) in [6, 6.07) is 18.2. The molecule has 1 aromatic heterocycles. The number of rotatable bonds is 8. The highest BCUT2D eigenvalue weighted by Gasteiger charge is 2.20. The van der Waals surface area contributed by atoms with Gasteiger partial charge in [-0.05, 0) is 49.1 Å². The Kier molecular flexibility index (Phi) is 6.69. The van der Waals surface area contributed by atoms with Gasteiger partial charge in [-0.25, -0.2) is 0 Å². The molecule has 1 fully saturated rings. The second-order valence-electron chi connectivity index (χ2n) is 7.30. The van der Waals surface area contributed by atoms with Crippen molar-refractivity contribution in [2.45, 2.75) is 31.0 Å². The molecule has 1 amide bonds. The molecule has 0 unspecified atom stereocenters. The van der Waals surface area contributed by atoms with Gasteiger partial charge in [0.05, 0.1) is 12.9 Å². The Labute approximate surface area is 181 Å². The number of hydrogen-bond donors (Lipinski definition) is 0. The third-order valence-electron chi connectivity index (χ3n) is 5.32. The summed E-state index contributed by atoms with van der Waals surface area (Å²) in [5.41, 5.74) is 2.24. The van der Waals surface area contributed by atoms with E-state index in [1.807, 2.05) is 35.2 Å². The lowest BCUT2D eigenvalue weighted by Crippen LogP contribution is -2.29. The van der Waals surface area contributed by atoms with E-state index < -0.39 is 0 Å². The zero-order valence-corrected chi connectivity index (χ0v) is 18.0. The highest BCUT2D eigenvalue weighted by molar-refractivity contribution is 7.99. The van der Waals surface area contributed by atoms with Crippen LogP contribution in [0.1, 0.15) is 18.4 Å². The second kappa shape index (κ2) is 9.80. The van der Waals surface area contributed by atoms with Gasteiger partial charge in [0, 0.05) is 25.2 Å². The number of methoxy groups -OCH3 is 1. The monoisotopic (exact) mass is 422 g/mol. The van der Waals surface area contributed by atoms with Crippen LogP contribution in [0.15, 0.2) is 59.8 Å². The first-order valence-electron chi connectivity index (χ1n) is 10.3. The van der Waals surface area contributed by atoms with Crippen molar-refractivity contribution in [2.75, 3.05) is 26.0 Å². The first-order chi connectivity index (χ1) is 14.7. The Hall–Kier alpha value is -2.80. The minimum Gasteiger partial charge on any atom is -0.497 e. The van der Waals surface area contributed by atoms with E-state index >= 15 is 0 Å². The van der Waals surface area contributed by atoms with Crippen molar-refractivity contribution in [3.05, 3.63) is 60.2 Å². The fourth-order valence-electron chi connectivity index (χ4n) is 3.62. The molecular weight excluding hydrogens is 396 g/mol. The normalized spacial score (nSPS) is 13.6. The van der Waals surface area contributed by atoms with Gasteiger partial charge in [0.2, 0.25) is 5.91 Å². The van der Waals surface area contributed by atoms with Crippen molar-refractivity contribution in [3.8, 4) is 17.1 Å². The minimum atomic E-state index is 0.182. The standard InChI is InChI=1S/C23H26N4O2S/c1-29-20-11-9-19(10-12-20)22-24-25-23(30-17-21(28)26-14-5-6-15-26)27(22)16-13-18-7-3-2-4-8-18/h2-4,7-12H,5-6,13-17H2,1H3. The minimum absolute atomic E-state index is 0.182. The Bertz CT molecular complexity index is 967. The number of ether oxygens (including phenoxy) is 1. The van der Waals surface area contributed by atoms with Crippen LogP contribution >= 0.6 is 11.8 Å². The van der Waals surface area contributed by atoms with Gasteiger partial charge in [0.25, 0.3) is 0 Å². The average Bonchev–Trinajstić information content (AvgIpc) is 3.47. The van der Waals surface area contributed by atoms with E-state index in [1.54, 1.807) is 7.11 Å².